The molecule has 0 aromatic heterocycles. The molecule has 1 amide bonds. The van der Waals surface area contributed by atoms with E-state index in [-0.39, 0.29) is 21.6 Å². The molecule has 1 fully saturated rings. The summed E-state index contributed by atoms with van der Waals surface area (Å²) in [5.74, 6) is 0.228. The SMILES string of the molecule is Cc1cc2c(cc1C)N1C(=O)C(C)SC1(C)CC(C)(C)N2. The van der Waals surface area contributed by atoms with Crippen molar-refractivity contribution in [3.05, 3.63) is 23.3 Å². The molecular formula is C17H24N2OS. The zero-order valence-electron chi connectivity index (χ0n) is 13.7. The lowest BCUT2D eigenvalue weighted by atomic mass is 9.95. The number of nitrogens with one attached hydrogen (secondary N) is 1. The van der Waals surface area contributed by atoms with Gasteiger partial charge in [-0.25, -0.2) is 0 Å². The fourth-order valence-corrected chi connectivity index (χ4v) is 5.41. The van der Waals surface area contributed by atoms with E-state index >= 15 is 0 Å². The van der Waals surface area contributed by atoms with Crippen LogP contribution in [0.3, 0.4) is 0 Å². The van der Waals surface area contributed by atoms with Crippen LogP contribution in [0.25, 0.3) is 0 Å². The predicted molar refractivity (Wildman–Crippen MR) is 91.2 cm³/mol. The minimum atomic E-state index is -0.181. The highest BCUT2D eigenvalue weighted by Gasteiger charge is 2.52. The molecule has 0 bridgehead atoms. The molecule has 0 aliphatic carbocycles. The first-order valence-corrected chi connectivity index (χ1v) is 8.42. The first-order chi connectivity index (χ1) is 9.63. The lowest BCUT2D eigenvalue weighted by molar-refractivity contribution is -0.117. The molecule has 0 saturated carbocycles. The quantitative estimate of drug-likeness (QED) is 0.784. The topological polar surface area (TPSA) is 32.3 Å². The van der Waals surface area contributed by atoms with Crippen molar-refractivity contribution < 1.29 is 4.79 Å². The van der Waals surface area contributed by atoms with Crippen LogP contribution in [0.1, 0.15) is 45.2 Å². The van der Waals surface area contributed by atoms with Crippen molar-refractivity contribution in [3.8, 4) is 0 Å². The summed E-state index contributed by atoms with van der Waals surface area (Å²) in [6, 6.07) is 4.34. The largest absolute Gasteiger partial charge is 0.378 e. The van der Waals surface area contributed by atoms with Crippen molar-refractivity contribution in [2.45, 2.75) is 63.6 Å². The van der Waals surface area contributed by atoms with Crippen molar-refractivity contribution in [2.24, 2.45) is 0 Å². The molecule has 2 unspecified atom stereocenters. The first-order valence-electron chi connectivity index (χ1n) is 7.54. The summed E-state index contributed by atoms with van der Waals surface area (Å²) >= 11 is 1.79. The zero-order chi connectivity index (χ0) is 15.6. The van der Waals surface area contributed by atoms with Crippen LogP contribution in [0.5, 0.6) is 0 Å². The van der Waals surface area contributed by atoms with E-state index in [2.05, 4.69) is 52.1 Å². The Morgan fingerprint density at radius 3 is 2.52 bits per heavy atom. The third-order valence-electron chi connectivity index (χ3n) is 4.57. The molecule has 3 rings (SSSR count). The molecule has 114 valence electrons. The summed E-state index contributed by atoms with van der Waals surface area (Å²) in [5.41, 5.74) is 4.56. The number of carbonyl (C=O) groups is 1. The number of anilines is 2. The van der Waals surface area contributed by atoms with Gasteiger partial charge in [0.2, 0.25) is 5.91 Å². The van der Waals surface area contributed by atoms with Crippen molar-refractivity contribution in [3.63, 3.8) is 0 Å². The summed E-state index contributed by atoms with van der Waals surface area (Å²) in [6.45, 7) is 12.9. The molecule has 1 aromatic rings. The van der Waals surface area contributed by atoms with Crippen LogP contribution in [0, 0.1) is 13.8 Å². The second kappa shape index (κ2) is 4.42. The summed E-state index contributed by atoms with van der Waals surface area (Å²) in [5, 5.41) is 3.68. The van der Waals surface area contributed by atoms with E-state index in [4.69, 9.17) is 0 Å². The van der Waals surface area contributed by atoms with Crippen molar-refractivity contribution in [2.75, 3.05) is 10.2 Å². The van der Waals surface area contributed by atoms with Crippen LogP contribution < -0.4 is 10.2 Å². The molecule has 1 saturated heterocycles. The third kappa shape index (κ3) is 2.24. The third-order valence-corrected chi connectivity index (χ3v) is 5.96. The summed E-state index contributed by atoms with van der Waals surface area (Å²) < 4.78 is 0. The molecule has 2 aliphatic rings. The highest BCUT2D eigenvalue weighted by atomic mass is 32.2. The van der Waals surface area contributed by atoms with Gasteiger partial charge in [0.15, 0.2) is 0 Å². The van der Waals surface area contributed by atoms with E-state index in [0.29, 0.717) is 0 Å². The predicted octanol–water partition coefficient (Wildman–Crippen LogP) is 4.08. The van der Waals surface area contributed by atoms with Gasteiger partial charge >= 0.3 is 0 Å². The van der Waals surface area contributed by atoms with E-state index < -0.39 is 0 Å². The van der Waals surface area contributed by atoms with Gasteiger partial charge in [-0.05, 0) is 64.8 Å². The monoisotopic (exact) mass is 304 g/mol. The maximum atomic E-state index is 12.7. The van der Waals surface area contributed by atoms with Gasteiger partial charge in [-0.15, -0.1) is 11.8 Å². The molecule has 0 spiro atoms. The van der Waals surface area contributed by atoms with E-state index in [1.54, 1.807) is 11.8 Å². The number of nitrogens with zero attached hydrogens (tertiary/aromatic N) is 1. The van der Waals surface area contributed by atoms with Crippen LogP contribution in [0.2, 0.25) is 0 Å². The lowest BCUT2D eigenvalue weighted by Crippen LogP contribution is -2.46. The average molecular weight is 304 g/mol. The Labute approximate surface area is 131 Å². The highest BCUT2D eigenvalue weighted by Crippen LogP contribution is 2.52. The van der Waals surface area contributed by atoms with Gasteiger partial charge in [-0.3, -0.25) is 9.69 Å². The Hall–Kier alpha value is -1.16. The van der Waals surface area contributed by atoms with Crippen LogP contribution >= 0.6 is 11.8 Å². The average Bonchev–Trinajstić information content (AvgIpc) is 2.47. The van der Waals surface area contributed by atoms with Gasteiger partial charge in [0.1, 0.15) is 0 Å². The minimum absolute atomic E-state index is 0.0263. The molecule has 2 aliphatic heterocycles. The zero-order valence-corrected chi connectivity index (χ0v) is 14.5. The van der Waals surface area contributed by atoms with E-state index in [1.165, 1.54) is 11.1 Å². The lowest BCUT2D eigenvalue weighted by Gasteiger charge is -2.36. The molecule has 3 nitrogen and oxygen atoms in total. The normalized spacial score (nSPS) is 30.5. The number of aryl methyl sites for hydroxylation is 2. The van der Waals surface area contributed by atoms with Gasteiger partial charge < -0.3 is 5.32 Å². The van der Waals surface area contributed by atoms with E-state index in [1.807, 2.05) is 11.8 Å². The van der Waals surface area contributed by atoms with E-state index in [0.717, 1.165) is 17.8 Å². The Morgan fingerprint density at radius 1 is 1.24 bits per heavy atom. The van der Waals surface area contributed by atoms with Gasteiger partial charge in [0.05, 0.1) is 21.5 Å². The van der Waals surface area contributed by atoms with E-state index in [9.17, 15) is 4.79 Å². The molecule has 2 heterocycles. The smallest absolute Gasteiger partial charge is 0.241 e. The number of amides is 1. The molecule has 4 heteroatoms. The number of benzene rings is 1. The molecule has 21 heavy (non-hydrogen) atoms. The Morgan fingerprint density at radius 2 is 1.86 bits per heavy atom. The maximum Gasteiger partial charge on any atom is 0.241 e. The van der Waals surface area contributed by atoms with Crippen LogP contribution in [0.15, 0.2) is 12.1 Å². The first kappa shape index (κ1) is 14.8. The number of carbonyl (C=O) groups excluding carboxylic acids is 1. The van der Waals surface area contributed by atoms with Crippen molar-refractivity contribution in [1.82, 2.24) is 0 Å². The van der Waals surface area contributed by atoms with Crippen LogP contribution in [0.4, 0.5) is 11.4 Å². The fourth-order valence-electron chi connectivity index (χ4n) is 3.71. The van der Waals surface area contributed by atoms with Gasteiger partial charge in [0, 0.05) is 12.0 Å². The standard InChI is InChI=1S/C17H24N2OS/c1-10-7-13-14(8-11(10)2)19-15(20)12(3)21-17(19,6)9-16(4,5)18-13/h7-8,12,18H,9H2,1-6H3. The molecule has 2 atom stereocenters. The second-order valence-corrected chi connectivity index (χ2v) is 9.07. The van der Waals surface area contributed by atoms with Crippen LogP contribution in [-0.2, 0) is 4.79 Å². The number of rotatable bonds is 0. The second-order valence-electron chi connectivity index (χ2n) is 7.25. The number of hydrogen-bond acceptors (Lipinski definition) is 3. The Bertz CT molecular complexity index is 625. The van der Waals surface area contributed by atoms with Crippen molar-refractivity contribution in [1.29, 1.82) is 0 Å². The highest BCUT2D eigenvalue weighted by molar-refractivity contribution is 8.02. The summed E-state index contributed by atoms with van der Waals surface area (Å²) in [7, 11) is 0. The fraction of sp³-hybridized carbons (Fsp3) is 0.588. The number of hydrogen-bond donors (Lipinski definition) is 1. The minimum Gasteiger partial charge on any atom is -0.378 e. The number of thioether (sulfide) groups is 1. The summed E-state index contributed by atoms with van der Waals surface area (Å²) in [6.07, 6.45) is 0.924. The molecule has 1 aromatic carbocycles. The molecule has 0 radical (unpaired) electrons. The molecular weight excluding hydrogens is 280 g/mol. The van der Waals surface area contributed by atoms with Crippen LogP contribution in [-0.4, -0.2) is 21.6 Å². The van der Waals surface area contributed by atoms with Gasteiger partial charge in [-0.2, -0.15) is 0 Å². The van der Waals surface area contributed by atoms with Gasteiger partial charge in [-0.1, -0.05) is 0 Å². The van der Waals surface area contributed by atoms with Gasteiger partial charge in [0.25, 0.3) is 0 Å². The summed E-state index contributed by atoms with van der Waals surface area (Å²) in [4.78, 5) is 14.6. The number of fused-ring (bicyclic) bond motifs is 3. The van der Waals surface area contributed by atoms with Crippen molar-refractivity contribution >= 4 is 29.0 Å². The Balaban J connectivity index is 2.25. The molecule has 1 N–H and O–H groups in total. The maximum absolute atomic E-state index is 12.7. The Kier molecular flexibility index (Phi) is 3.11.